The zero-order valence-electron chi connectivity index (χ0n) is 21.9. The lowest BCUT2D eigenvalue weighted by atomic mass is 9.83. The minimum Gasteiger partial charge on any atom is -0.505 e. The normalized spacial score (nSPS) is 13.0. The van der Waals surface area contributed by atoms with E-state index < -0.39 is 10.9 Å². The number of allylic oxidation sites excluding steroid dienone is 1. The highest BCUT2D eigenvalue weighted by Gasteiger charge is 2.32. The van der Waals surface area contributed by atoms with Crippen LogP contribution in [0.3, 0.4) is 0 Å². The van der Waals surface area contributed by atoms with Crippen molar-refractivity contribution in [2.24, 2.45) is 0 Å². The number of hydrogen-bond acceptors (Lipinski definition) is 9. The van der Waals surface area contributed by atoms with Crippen LogP contribution in [0.4, 0.5) is 5.69 Å². The zero-order valence-corrected chi connectivity index (χ0v) is 21.9. The van der Waals surface area contributed by atoms with E-state index >= 15 is 0 Å². The Balaban J connectivity index is 2.07. The van der Waals surface area contributed by atoms with Crippen LogP contribution in [0.1, 0.15) is 24.5 Å². The monoisotopic (exact) mass is 529 g/mol. The van der Waals surface area contributed by atoms with E-state index in [9.17, 15) is 24.9 Å². The summed E-state index contributed by atoms with van der Waals surface area (Å²) in [5.74, 6) is 0.162. The number of benzene rings is 5. The van der Waals surface area contributed by atoms with Crippen LogP contribution in [0.5, 0.6) is 28.7 Å². The van der Waals surface area contributed by atoms with Gasteiger partial charge in [0.2, 0.25) is 0 Å². The third-order valence-electron chi connectivity index (χ3n) is 7.68. The number of aliphatic hydroxyl groups is 1. The molecule has 0 atom stereocenters. The Hall–Kier alpha value is -4.50. The number of fused-ring (bicyclic) bond motifs is 1. The summed E-state index contributed by atoms with van der Waals surface area (Å²) in [7, 11) is 4.32. The number of nitrogens with one attached hydrogen (secondary N) is 1. The number of aromatic hydroxyl groups is 2. The first-order valence-corrected chi connectivity index (χ1v) is 12.6. The van der Waals surface area contributed by atoms with Gasteiger partial charge in [0.25, 0.3) is 0 Å². The molecular weight excluding hydrogens is 502 g/mol. The number of phenolic OH excluding ortho intramolecular Hbond substituents is 2. The van der Waals surface area contributed by atoms with E-state index in [-0.39, 0.29) is 46.1 Å². The number of methoxy groups -OCH3 is 3. The lowest BCUT2D eigenvalue weighted by molar-refractivity contribution is 0.292. The minimum absolute atomic E-state index is 0.0456. The van der Waals surface area contributed by atoms with Crippen molar-refractivity contribution in [1.82, 2.24) is 0 Å². The molecule has 6 rings (SSSR count). The molecule has 5 aromatic rings. The Morgan fingerprint density at radius 3 is 1.95 bits per heavy atom. The first-order chi connectivity index (χ1) is 18.8. The second kappa shape index (κ2) is 8.78. The van der Waals surface area contributed by atoms with Gasteiger partial charge in [-0.2, -0.15) is 0 Å². The molecule has 0 aromatic heterocycles. The first kappa shape index (κ1) is 24.8. The minimum atomic E-state index is -0.449. The second-order valence-electron chi connectivity index (χ2n) is 9.82. The standard InChI is InChI=1S/C30H27NO8/c1-12-8-13-19-20-14(9-12)30(39-4)29(36)22-16(34)11-18(38-3)24(26(20)22)23-17(37-2)10-15(33)21(25(19)23)28(35)27(13)31-6-5-7-32/h9-11,31-32,35-36H,5-8H2,1-4H3. The van der Waals surface area contributed by atoms with Gasteiger partial charge in [-0.3, -0.25) is 9.59 Å². The highest BCUT2D eigenvalue weighted by Crippen LogP contribution is 2.56. The molecule has 5 aromatic carbocycles. The maximum absolute atomic E-state index is 13.5. The average Bonchev–Trinajstić information content (AvgIpc) is 3.06. The van der Waals surface area contributed by atoms with Crippen molar-refractivity contribution in [1.29, 1.82) is 0 Å². The molecule has 9 nitrogen and oxygen atoms in total. The molecule has 0 unspecified atom stereocenters. The summed E-state index contributed by atoms with van der Waals surface area (Å²) in [5, 5.41) is 38.9. The fourth-order valence-electron chi connectivity index (χ4n) is 6.21. The van der Waals surface area contributed by atoms with Crippen molar-refractivity contribution < 1.29 is 29.5 Å². The Morgan fingerprint density at radius 1 is 0.795 bits per heavy atom. The Morgan fingerprint density at radius 2 is 1.38 bits per heavy atom. The molecule has 0 saturated carbocycles. The maximum atomic E-state index is 13.5. The molecule has 1 aliphatic carbocycles. The quantitative estimate of drug-likeness (QED) is 0.106. The second-order valence-corrected chi connectivity index (χ2v) is 9.82. The van der Waals surface area contributed by atoms with Gasteiger partial charge in [-0.05, 0) is 30.7 Å². The van der Waals surface area contributed by atoms with E-state index in [1.165, 1.54) is 33.5 Å². The van der Waals surface area contributed by atoms with Gasteiger partial charge >= 0.3 is 0 Å². The maximum Gasteiger partial charge on any atom is 0.194 e. The van der Waals surface area contributed by atoms with Crippen molar-refractivity contribution in [2.45, 2.75) is 19.8 Å². The molecule has 0 amide bonds. The predicted molar refractivity (Wildman–Crippen MR) is 152 cm³/mol. The van der Waals surface area contributed by atoms with E-state index in [4.69, 9.17) is 14.2 Å². The van der Waals surface area contributed by atoms with Crippen LogP contribution in [-0.2, 0) is 6.42 Å². The Labute approximate surface area is 222 Å². The van der Waals surface area contributed by atoms with Gasteiger partial charge in [-0.1, -0.05) is 11.6 Å². The lowest BCUT2D eigenvalue weighted by Gasteiger charge is -2.24. The van der Waals surface area contributed by atoms with E-state index in [0.717, 1.165) is 5.57 Å². The summed E-state index contributed by atoms with van der Waals surface area (Å²) < 4.78 is 17.1. The average molecular weight is 530 g/mol. The first-order valence-electron chi connectivity index (χ1n) is 12.6. The number of rotatable bonds is 7. The smallest absolute Gasteiger partial charge is 0.194 e. The molecule has 39 heavy (non-hydrogen) atoms. The molecule has 0 heterocycles. The van der Waals surface area contributed by atoms with Crippen LogP contribution in [0.2, 0.25) is 0 Å². The molecule has 0 spiro atoms. The number of hydrogen-bond donors (Lipinski definition) is 4. The number of anilines is 1. The third kappa shape index (κ3) is 3.16. The van der Waals surface area contributed by atoms with Gasteiger partial charge in [0, 0.05) is 57.8 Å². The molecule has 0 aliphatic heterocycles. The van der Waals surface area contributed by atoms with Crippen molar-refractivity contribution in [3.63, 3.8) is 0 Å². The molecule has 0 bridgehead atoms. The van der Waals surface area contributed by atoms with Crippen molar-refractivity contribution in [2.75, 3.05) is 39.8 Å². The zero-order chi connectivity index (χ0) is 27.7. The van der Waals surface area contributed by atoms with Crippen LogP contribution in [0.15, 0.2) is 27.3 Å². The molecule has 1 aliphatic rings. The molecule has 0 radical (unpaired) electrons. The van der Waals surface area contributed by atoms with Crippen LogP contribution < -0.4 is 30.4 Å². The van der Waals surface area contributed by atoms with Gasteiger partial charge < -0.3 is 34.8 Å². The molecular formula is C30H27NO8. The van der Waals surface area contributed by atoms with Crippen LogP contribution >= 0.6 is 0 Å². The largest absolute Gasteiger partial charge is 0.505 e. The lowest BCUT2D eigenvalue weighted by Crippen LogP contribution is -2.11. The summed E-state index contributed by atoms with van der Waals surface area (Å²) in [6.07, 6.45) is 2.72. The van der Waals surface area contributed by atoms with Crippen molar-refractivity contribution in [3.05, 3.63) is 49.3 Å². The molecule has 0 saturated heterocycles. The number of aliphatic hydroxyl groups excluding tert-OH is 1. The summed E-state index contributed by atoms with van der Waals surface area (Å²) in [6, 6.07) is 2.61. The number of ether oxygens (including phenoxy) is 3. The van der Waals surface area contributed by atoms with Gasteiger partial charge in [-0.15, -0.1) is 0 Å². The van der Waals surface area contributed by atoms with Crippen LogP contribution in [0, 0.1) is 0 Å². The van der Waals surface area contributed by atoms with Crippen LogP contribution in [-0.4, -0.2) is 49.8 Å². The summed E-state index contributed by atoms with van der Waals surface area (Å²) in [6.45, 7) is 2.24. The highest BCUT2D eigenvalue weighted by molar-refractivity contribution is 6.39. The number of phenols is 2. The van der Waals surface area contributed by atoms with Gasteiger partial charge in [0.15, 0.2) is 28.1 Å². The topological polar surface area (TPSA) is 135 Å². The van der Waals surface area contributed by atoms with Crippen molar-refractivity contribution >= 4 is 54.9 Å². The van der Waals surface area contributed by atoms with E-state index in [2.05, 4.69) is 5.32 Å². The molecule has 0 fully saturated rings. The highest BCUT2D eigenvalue weighted by atomic mass is 16.5. The summed E-state index contributed by atoms with van der Waals surface area (Å²) in [5.41, 5.74) is 1.67. The third-order valence-corrected chi connectivity index (χ3v) is 7.68. The van der Waals surface area contributed by atoms with E-state index in [1.54, 1.807) is 0 Å². The van der Waals surface area contributed by atoms with E-state index in [0.29, 0.717) is 68.5 Å². The molecule has 9 heteroatoms. The van der Waals surface area contributed by atoms with Crippen molar-refractivity contribution in [3.8, 4) is 28.7 Å². The van der Waals surface area contributed by atoms with Crippen LogP contribution in [0.25, 0.3) is 49.2 Å². The van der Waals surface area contributed by atoms with Gasteiger partial charge in [0.1, 0.15) is 11.5 Å². The SMILES string of the molecule is COc1c(O)c2c(=O)cc(OC)c3c4c(OC)cc(=O)c5c(O)c(NCCCO)c6c(c(c1C=C(C)C6)c23)c54. The molecule has 200 valence electrons. The fraction of sp³-hybridized carbons (Fsp3) is 0.267. The summed E-state index contributed by atoms with van der Waals surface area (Å²) >= 11 is 0. The Kier molecular flexibility index (Phi) is 5.58. The van der Waals surface area contributed by atoms with E-state index in [1.807, 2.05) is 13.0 Å². The Bertz CT molecular complexity index is 1980. The summed E-state index contributed by atoms with van der Waals surface area (Å²) in [4.78, 5) is 27.0. The fourth-order valence-corrected chi connectivity index (χ4v) is 6.21. The van der Waals surface area contributed by atoms with Gasteiger partial charge in [-0.25, -0.2) is 0 Å². The molecule has 4 N–H and O–H groups in total. The predicted octanol–water partition coefficient (Wildman–Crippen LogP) is 4.09. The van der Waals surface area contributed by atoms with Gasteiger partial charge in [0.05, 0.1) is 37.8 Å².